The van der Waals surface area contributed by atoms with Gasteiger partial charge in [0.05, 0.1) is 5.56 Å². The van der Waals surface area contributed by atoms with Crippen LogP contribution in [-0.2, 0) is 17.0 Å². The fourth-order valence-electron chi connectivity index (χ4n) is 2.47. The van der Waals surface area contributed by atoms with Gasteiger partial charge in [-0.15, -0.1) is 0 Å². The molecular formula is C17H16Cl2F2N2O2. The van der Waals surface area contributed by atoms with Crippen molar-refractivity contribution in [3.8, 4) is 5.88 Å². The SMILES string of the molecule is CCC[C@@](F)(C(=O)NCc1c(F)cc(Cl)cc1Cl)c1cccnc1O. The highest BCUT2D eigenvalue weighted by Gasteiger charge is 2.42. The molecule has 0 aliphatic heterocycles. The molecule has 1 atom stereocenters. The van der Waals surface area contributed by atoms with Crippen molar-refractivity contribution in [3.63, 3.8) is 0 Å². The Morgan fingerprint density at radius 3 is 2.72 bits per heavy atom. The van der Waals surface area contributed by atoms with Gasteiger partial charge in [0.2, 0.25) is 11.5 Å². The molecule has 0 aliphatic carbocycles. The molecule has 0 bridgehead atoms. The van der Waals surface area contributed by atoms with E-state index < -0.39 is 23.3 Å². The maximum atomic E-state index is 15.4. The number of alkyl halides is 1. The Morgan fingerprint density at radius 2 is 2.12 bits per heavy atom. The molecule has 8 heteroatoms. The number of hydrogen-bond acceptors (Lipinski definition) is 3. The van der Waals surface area contributed by atoms with E-state index in [1.165, 1.54) is 24.4 Å². The van der Waals surface area contributed by atoms with Gasteiger partial charge in [0.15, 0.2) is 0 Å². The van der Waals surface area contributed by atoms with Crippen LogP contribution < -0.4 is 5.32 Å². The van der Waals surface area contributed by atoms with Gasteiger partial charge in [0, 0.05) is 28.4 Å². The molecule has 0 spiro atoms. The number of benzene rings is 1. The highest BCUT2D eigenvalue weighted by molar-refractivity contribution is 6.35. The number of hydrogen-bond donors (Lipinski definition) is 2. The number of rotatable bonds is 6. The topological polar surface area (TPSA) is 62.2 Å². The minimum atomic E-state index is -2.50. The van der Waals surface area contributed by atoms with E-state index in [0.717, 1.165) is 6.07 Å². The summed E-state index contributed by atoms with van der Waals surface area (Å²) in [5.41, 5.74) is -2.74. The molecule has 1 amide bonds. The van der Waals surface area contributed by atoms with E-state index in [0.29, 0.717) is 6.42 Å². The molecule has 2 rings (SSSR count). The molecule has 1 aromatic heterocycles. The molecule has 0 unspecified atom stereocenters. The zero-order chi connectivity index (χ0) is 18.6. The van der Waals surface area contributed by atoms with Crippen molar-refractivity contribution in [1.29, 1.82) is 0 Å². The fourth-order valence-corrected chi connectivity index (χ4v) is 3.01. The summed E-state index contributed by atoms with van der Waals surface area (Å²) in [5, 5.41) is 12.3. The molecule has 2 N–H and O–H groups in total. The second-order valence-electron chi connectivity index (χ2n) is 5.46. The second kappa shape index (κ2) is 7.97. The van der Waals surface area contributed by atoms with E-state index in [1.54, 1.807) is 6.92 Å². The summed E-state index contributed by atoms with van der Waals surface area (Å²) >= 11 is 11.6. The Labute approximate surface area is 153 Å². The molecule has 0 radical (unpaired) electrons. The number of carbonyl (C=O) groups excluding carboxylic acids is 1. The van der Waals surface area contributed by atoms with Gasteiger partial charge in [-0.3, -0.25) is 4.79 Å². The first-order valence-electron chi connectivity index (χ1n) is 7.54. The predicted octanol–water partition coefficient (Wildman–Crippen LogP) is 4.51. The largest absolute Gasteiger partial charge is 0.493 e. The lowest BCUT2D eigenvalue weighted by atomic mass is 9.90. The number of aromatic hydroxyl groups is 1. The molecule has 25 heavy (non-hydrogen) atoms. The lowest BCUT2D eigenvalue weighted by molar-refractivity contribution is -0.134. The van der Waals surface area contributed by atoms with Crippen LogP contribution in [0.15, 0.2) is 30.5 Å². The molecular weight excluding hydrogens is 373 g/mol. The summed E-state index contributed by atoms with van der Waals surface area (Å²) in [6.45, 7) is 1.38. The van der Waals surface area contributed by atoms with Gasteiger partial charge in [-0.25, -0.2) is 13.8 Å². The van der Waals surface area contributed by atoms with Crippen LogP contribution in [-0.4, -0.2) is 16.0 Å². The Morgan fingerprint density at radius 1 is 1.40 bits per heavy atom. The van der Waals surface area contributed by atoms with Crippen molar-refractivity contribution in [2.24, 2.45) is 0 Å². The van der Waals surface area contributed by atoms with Gasteiger partial charge in [-0.05, 0) is 30.7 Å². The van der Waals surface area contributed by atoms with Crippen molar-refractivity contribution in [1.82, 2.24) is 10.3 Å². The average Bonchev–Trinajstić information content (AvgIpc) is 2.54. The number of aromatic nitrogens is 1. The second-order valence-corrected chi connectivity index (χ2v) is 6.30. The normalized spacial score (nSPS) is 13.3. The number of carbonyl (C=O) groups is 1. The summed E-state index contributed by atoms with van der Waals surface area (Å²) < 4.78 is 29.3. The van der Waals surface area contributed by atoms with Crippen LogP contribution in [0.5, 0.6) is 5.88 Å². The van der Waals surface area contributed by atoms with E-state index in [1.807, 2.05) is 0 Å². The standard InChI is InChI=1S/C17H16Cl2F2N2O2/c1-2-5-17(21,12-4-3-6-22-15(12)24)16(25)23-9-11-13(19)7-10(18)8-14(11)20/h3-4,6-8H,2,5,9H2,1H3,(H,22,24)(H,23,25)/t17-/m0/s1. The lowest BCUT2D eigenvalue weighted by Gasteiger charge is -2.24. The van der Waals surface area contributed by atoms with Crippen molar-refractivity contribution >= 4 is 29.1 Å². The minimum Gasteiger partial charge on any atom is -0.493 e. The Bertz CT molecular complexity index is 766. The highest BCUT2D eigenvalue weighted by Crippen LogP contribution is 2.36. The maximum absolute atomic E-state index is 15.4. The monoisotopic (exact) mass is 388 g/mol. The van der Waals surface area contributed by atoms with Gasteiger partial charge in [-0.1, -0.05) is 36.5 Å². The number of pyridine rings is 1. The van der Waals surface area contributed by atoms with E-state index in [9.17, 15) is 14.3 Å². The summed E-state index contributed by atoms with van der Waals surface area (Å²) in [6, 6.07) is 5.08. The van der Waals surface area contributed by atoms with Crippen molar-refractivity contribution < 1.29 is 18.7 Å². The molecule has 2 aromatic rings. The number of nitrogens with zero attached hydrogens (tertiary/aromatic N) is 1. The van der Waals surface area contributed by atoms with Crippen LogP contribution in [0, 0.1) is 5.82 Å². The molecule has 0 saturated heterocycles. The average molecular weight is 389 g/mol. The van der Waals surface area contributed by atoms with E-state index >= 15 is 4.39 Å². The first-order chi connectivity index (χ1) is 11.8. The van der Waals surface area contributed by atoms with Crippen LogP contribution in [0.2, 0.25) is 10.0 Å². The van der Waals surface area contributed by atoms with Crippen molar-refractivity contribution in [2.45, 2.75) is 32.0 Å². The van der Waals surface area contributed by atoms with Crippen LogP contribution >= 0.6 is 23.2 Å². The zero-order valence-corrected chi connectivity index (χ0v) is 14.8. The Hall–Kier alpha value is -1.92. The van der Waals surface area contributed by atoms with Crippen LogP contribution in [0.4, 0.5) is 8.78 Å². The van der Waals surface area contributed by atoms with Gasteiger partial charge in [-0.2, -0.15) is 0 Å². The van der Waals surface area contributed by atoms with Crippen LogP contribution in [0.3, 0.4) is 0 Å². The molecule has 134 valence electrons. The predicted molar refractivity (Wildman–Crippen MR) is 91.9 cm³/mol. The molecule has 0 saturated carbocycles. The third kappa shape index (κ3) is 4.19. The summed E-state index contributed by atoms with van der Waals surface area (Å²) in [7, 11) is 0. The van der Waals surface area contributed by atoms with Gasteiger partial charge in [0.25, 0.3) is 5.91 Å². The first kappa shape index (κ1) is 19.4. The maximum Gasteiger partial charge on any atom is 0.262 e. The summed E-state index contributed by atoms with van der Waals surface area (Å²) in [4.78, 5) is 16.1. The molecule has 4 nitrogen and oxygen atoms in total. The van der Waals surface area contributed by atoms with E-state index in [-0.39, 0.29) is 34.1 Å². The fraction of sp³-hybridized carbons (Fsp3) is 0.294. The number of amides is 1. The lowest BCUT2D eigenvalue weighted by Crippen LogP contribution is -2.41. The van der Waals surface area contributed by atoms with Crippen LogP contribution in [0.1, 0.15) is 30.9 Å². The van der Waals surface area contributed by atoms with Gasteiger partial charge >= 0.3 is 0 Å². The Kier molecular flexibility index (Phi) is 6.19. The smallest absolute Gasteiger partial charge is 0.262 e. The number of nitrogens with one attached hydrogen (secondary N) is 1. The highest BCUT2D eigenvalue weighted by atomic mass is 35.5. The first-order valence-corrected chi connectivity index (χ1v) is 8.30. The molecule has 1 heterocycles. The number of halogens is 4. The summed E-state index contributed by atoms with van der Waals surface area (Å²) in [6.07, 6.45) is 1.45. The molecule has 0 fully saturated rings. The van der Waals surface area contributed by atoms with Gasteiger partial charge in [0.1, 0.15) is 5.82 Å². The quantitative estimate of drug-likeness (QED) is 0.764. The van der Waals surface area contributed by atoms with E-state index in [4.69, 9.17) is 23.2 Å². The van der Waals surface area contributed by atoms with Crippen LogP contribution in [0.25, 0.3) is 0 Å². The zero-order valence-electron chi connectivity index (χ0n) is 13.3. The van der Waals surface area contributed by atoms with Crippen molar-refractivity contribution in [3.05, 3.63) is 57.5 Å². The van der Waals surface area contributed by atoms with Crippen molar-refractivity contribution in [2.75, 3.05) is 0 Å². The third-order valence-corrected chi connectivity index (χ3v) is 4.25. The molecule has 0 aliphatic rings. The summed E-state index contributed by atoms with van der Waals surface area (Å²) in [5.74, 6) is -2.28. The van der Waals surface area contributed by atoms with E-state index in [2.05, 4.69) is 10.3 Å². The Balaban J connectivity index is 2.26. The third-order valence-electron chi connectivity index (χ3n) is 3.70. The van der Waals surface area contributed by atoms with Gasteiger partial charge < -0.3 is 10.4 Å². The minimum absolute atomic E-state index is 0.00586. The molecule has 1 aromatic carbocycles.